The van der Waals surface area contributed by atoms with E-state index in [2.05, 4.69) is 37.9 Å². The number of piperidine rings is 1. The molecule has 0 aromatic carbocycles. The fraction of sp³-hybridized carbons (Fsp3) is 1.00. The fourth-order valence-corrected chi connectivity index (χ4v) is 2.78. The highest BCUT2D eigenvalue weighted by atomic mass is 15.2. The first-order valence-corrected chi connectivity index (χ1v) is 7.64. The second kappa shape index (κ2) is 8.10. The molecular weight excluding hydrogens is 208 g/mol. The summed E-state index contributed by atoms with van der Waals surface area (Å²) < 4.78 is 0. The van der Waals surface area contributed by atoms with Crippen molar-refractivity contribution in [2.24, 2.45) is 5.92 Å². The van der Waals surface area contributed by atoms with Crippen LogP contribution in [-0.4, -0.2) is 36.6 Å². The van der Waals surface area contributed by atoms with E-state index in [-0.39, 0.29) is 0 Å². The van der Waals surface area contributed by atoms with Gasteiger partial charge in [-0.3, -0.25) is 4.90 Å². The SMILES string of the molecule is CCC(CC)CN1CCCCC1CNC(C)C. The molecule has 0 aromatic heterocycles. The summed E-state index contributed by atoms with van der Waals surface area (Å²) >= 11 is 0. The molecule has 17 heavy (non-hydrogen) atoms. The monoisotopic (exact) mass is 240 g/mol. The molecule has 0 bridgehead atoms. The van der Waals surface area contributed by atoms with Crippen molar-refractivity contribution in [3.05, 3.63) is 0 Å². The van der Waals surface area contributed by atoms with Gasteiger partial charge in [0, 0.05) is 25.2 Å². The molecule has 0 aromatic rings. The lowest BCUT2D eigenvalue weighted by molar-refractivity contribution is 0.119. The summed E-state index contributed by atoms with van der Waals surface area (Å²) in [6.45, 7) is 13.0. The molecule has 2 nitrogen and oxygen atoms in total. The van der Waals surface area contributed by atoms with Crippen LogP contribution in [0, 0.1) is 5.92 Å². The molecule has 1 aliphatic heterocycles. The van der Waals surface area contributed by atoms with Gasteiger partial charge in [-0.25, -0.2) is 0 Å². The van der Waals surface area contributed by atoms with Crippen LogP contribution >= 0.6 is 0 Å². The van der Waals surface area contributed by atoms with E-state index >= 15 is 0 Å². The third kappa shape index (κ3) is 5.39. The Morgan fingerprint density at radius 3 is 2.47 bits per heavy atom. The fourth-order valence-electron chi connectivity index (χ4n) is 2.78. The zero-order chi connectivity index (χ0) is 12.7. The van der Waals surface area contributed by atoms with Gasteiger partial charge in [0.25, 0.3) is 0 Å². The normalized spacial score (nSPS) is 22.6. The number of hydrogen-bond acceptors (Lipinski definition) is 2. The van der Waals surface area contributed by atoms with Crippen molar-refractivity contribution in [3.8, 4) is 0 Å². The summed E-state index contributed by atoms with van der Waals surface area (Å²) in [5.41, 5.74) is 0. The maximum atomic E-state index is 3.61. The smallest absolute Gasteiger partial charge is 0.0220 e. The molecule has 0 spiro atoms. The molecule has 1 fully saturated rings. The first kappa shape index (κ1) is 15.0. The van der Waals surface area contributed by atoms with Gasteiger partial charge >= 0.3 is 0 Å². The van der Waals surface area contributed by atoms with Crippen LogP contribution in [0.5, 0.6) is 0 Å². The lowest BCUT2D eigenvalue weighted by Gasteiger charge is -2.38. The molecule has 1 aliphatic rings. The third-order valence-corrected chi connectivity index (χ3v) is 4.16. The van der Waals surface area contributed by atoms with Crippen LogP contribution in [-0.2, 0) is 0 Å². The summed E-state index contributed by atoms with van der Waals surface area (Å²) in [5.74, 6) is 0.898. The van der Waals surface area contributed by atoms with E-state index in [1.54, 1.807) is 0 Å². The zero-order valence-corrected chi connectivity index (χ0v) is 12.3. The largest absolute Gasteiger partial charge is 0.313 e. The minimum atomic E-state index is 0.618. The number of nitrogens with one attached hydrogen (secondary N) is 1. The Morgan fingerprint density at radius 1 is 1.18 bits per heavy atom. The van der Waals surface area contributed by atoms with E-state index in [1.807, 2.05) is 0 Å². The summed E-state index contributed by atoms with van der Waals surface area (Å²) in [6.07, 6.45) is 6.87. The lowest BCUT2D eigenvalue weighted by Crippen LogP contribution is -2.48. The van der Waals surface area contributed by atoms with Crippen molar-refractivity contribution in [2.75, 3.05) is 19.6 Å². The van der Waals surface area contributed by atoms with Gasteiger partial charge in [0.2, 0.25) is 0 Å². The molecule has 1 heterocycles. The predicted octanol–water partition coefficient (Wildman–Crippen LogP) is 3.28. The van der Waals surface area contributed by atoms with E-state index in [4.69, 9.17) is 0 Å². The van der Waals surface area contributed by atoms with Crippen LogP contribution in [0.15, 0.2) is 0 Å². The van der Waals surface area contributed by atoms with Crippen molar-refractivity contribution in [2.45, 2.75) is 71.9 Å². The van der Waals surface area contributed by atoms with Gasteiger partial charge in [0.1, 0.15) is 0 Å². The highest BCUT2D eigenvalue weighted by Gasteiger charge is 2.23. The maximum Gasteiger partial charge on any atom is 0.0220 e. The van der Waals surface area contributed by atoms with Gasteiger partial charge in [0.15, 0.2) is 0 Å². The summed E-state index contributed by atoms with van der Waals surface area (Å²) in [7, 11) is 0. The molecule has 0 saturated carbocycles. The number of likely N-dealkylation sites (tertiary alicyclic amines) is 1. The van der Waals surface area contributed by atoms with Crippen molar-refractivity contribution >= 4 is 0 Å². The van der Waals surface area contributed by atoms with E-state index in [0.717, 1.165) is 12.0 Å². The Balaban J connectivity index is 2.41. The molecule has 1 atom stereocenters. The van der Waals surface area contributed by atoms with Crippen LogP contribution in [0.2, 0.25) is 0 Å². The van der Waals surface area contributed by atoms with Crippen molar-refractivity contribution < 1.29 is 0 Å². The molecule has 1 unspecified atom stereocenters. The highest BCUT2D eigenvalue weighted by Crippen LogP contribution is 2.20. The van der Waals surface area contributed by atoms with Gasteiger partial charge in [-0.05, 0) is 25.3 Å². The van der Waals surface area contributed by atoms with Gasteiger partial charge in [-0.15, -0.1) is 0 Å². The minimum absolute atomic E-state index is 0.618. The van der Waals surface area contributed by atoms with E-state index in [0.29, 0.717) is 6.04 Å². The van der Waals surface area contributed by atoms with Gasteiger partial charge in [-0.2, -0.15) is 0 Å². The zero-order valence-electron chi connectivity index (χ0n) is 12.3. The van der Waals surface area contributed by atoms with E-state index < -0.39 is 0 Å². The van der Waals surface area contributed by atoms with Crippen LogP contribution < -0.4 is 5.32 Å². The minimum Gasteiger partial charge on any atom is -0.313 e. The Labute approximate surface area is 108 Å². The quantitative estimate of drug-likeness (QED) is 0.735. The van der Waals surface area contributed by atoms with E-state index in [1.165, 1.54) is 51.7 Å². The standard InChI is InChI=1S/C15H32N2/c1-5-14(6-2)12-17-10-8-7-9-15(17)11-16-13(3)4/h13-16H,5-12H2,1-4H3. The molecule has 1 saturated heterocycles. The predicted molar refractivity (Wildman–Crippen MR) is 76.4 cm³/mol. The maximum absolute atomic E-state index is 3.61. The Kier molecular flexibility index (Phi) is 7.14. The Bertz CT molecular complexity index is 187. The number of rotatable bonds is 7. The van der Waals surface area contributed by atoms with Crippen LogP contribution in [0.3, 0.4) is 0 Å². The molecule has 0 aliphatic carbocycles. The first-order valence-electron chi connectivity index (χ1n) is 7.64. The topological polar surface area (TPSA) is 15.3 Å². The lowest BCUT2D eigenvalue weighted by atomic mass is 9.97. The van der Waals surface area contributed by atoms with E-state index in [9.17, 15) is 0 Å². The second-order valence-electron chi connectivity index (χ2n) is 5.89. The summed E-state index contributed by atoms with van der Waals surface area (Å²) in [6, 6.07) is 1.40. The average Bonchev–Trinajstić information content (AvgIpc) is 2.34. The summed E-state index contributed by atoms with van der Waals surface area (Å²) in [4.78, 5) is 2.75. The molecule has 102 valence electrons. The molecule has 0 radical (unpaired) electrons. The number of hydrogen-bond donors (Lipinski definition) is 1. The molecule has 1 rings (SSSR count). The Morgan fingerprint density at radius 2 is 1.88 bits per heavy atom. The second-order valence-corrected chi connectivity index (χ2v) is 5.89. The van der Waals surface area contributed by atoms with Crippen molar-refractivity contribution in [1.82, 2.24) is 10.2 Å². The Hall–Kier alpha value is -0.0800. The van der Waals surface area contributed by atoms with Crippen LogP contribution in [0.25, 0.3) is 0 Å². The molecule has 0 amide bonds. The first-order chi connectivity index (χ1) is 8.17. The average molecular weight is 240 g/mol. The van der Waals surface area contributed by atoms with Gasteiger partial charge < -0.3 is 5.32 Å². The molecule has 1 N–H and O–H groups in total. The van der Waals surface area contributed by atoms with Gasteiger partial charge in [0.05, 0.1) is 0 Å². The number of nitrogens with zero attached hydrogens (tertiary/aromatic N) is 1. The van der Waals surface area contributed by atoms with Crippen molar-refractivity contribution in [3.63, 3.8) is 0 Å². The van der Waals surface area contributed by atoms with Crippen molar-refractivity contribution in [1.29, 1.82) is 0 Å². The van der Waals surface area contributed by atoms with Crippen LogP contribution in [0.1, 0.15) is 59.8 Å². The highest BCUT2D eigenvalue weighted by molar-refractivity contribution is 4.80. The molecule has 2 heteroatoms. The molecular formula is C15H32N2. The van der Waals surface area contributed by atoms with Crippen LogP contribution in [0.4, 0.5) is 0 Å². The summed E-state index contributed by atoms with van der Waals surface area (Å²) in [5, 5.41) is 3.61. The third-order valence-electron chi connectivity index (χ3n) is 4.16. The van der Waals surface area contributed by atoms with Gasteiger partial charge in [-0.1, -0.05) is 47.0 Å².